The zero-order valence-corrected chi connectivity index (χ0v) is 22.5. The van der Waals surface area contributed by atoms with Gasteiger partial charge in [0, 0.05) is 19.0 Å². The molecule has 0 saturated carbocycles. The minimum Gasteiger partial charge on any atom is -0.446 e. The van der Waals surface area contributed by atoms with Crippen LogP contribution in [0, 0.1) is 6.92 Å². The Balaban J connectivity index is 2.20. The van der Waals surface area contributed by atoms with E-state index in [1.165, 1.54) is 0 Å². The molecular formula is C25H40N4O6. The summed E-state index contributed by atoms with van der Waals surface area (Å²) in [4.78, 5) is 49.7. The molecule has 2 rings (SSSR count). The number of ether oxygens (including phenoxy) is 3. The van der Waals surface area contributed by atoms with Crippen molar-refractivity contribution in [3.8, 4) is 0 Å². The summed E-state index contributed by atoms with van der Waals surface area (Å²) in [5, 5.41) is 0. The molecule has 3 amide bonds. The first-order valence-corrected chi connectivity index (χ1v) is 12.2. The van der Waals surface area contributed by atoms with Crippen LogP contribution < -0.4 is 4.90 Å². The molecule has 1 aliphatic rings. The molecule has 1 saturated heterocycles. The van der Waals surface area contributed by atoms with E-state index in [1.54, 1.807) is 59.6 Å². The van der Waals surface area contributed by atoms with Gasteiger partial charge in [-0.05, 0) is 74.7 Å². The first-order valence-electron chi connectivity index (χ1n) is 12.2. The summed E-state index contributed by atoms with van der Waals surface area (Å²) in [6.45, 7) is 16.9. The number of likely N-dealkylation sites (tertiary alicyclic amines) is 1. The van der Waals surface area contributed by atoms with Gasteiger partial charge in [-0.2, -0.15) is 4.90 Å². The number of rotatable bonds is 4. The number of nitrogens with zero attached hydrogens (tertiary/aromatic N) is 4. The normalized spacial score (nSPS) is 15.9. The molecule has 35 heavy (non-hydrogen) atoms. The van der Waals surface area contributed by atoms with Crippen LogP contribution in [0.4, 0.5) is 20.2 Å². The first kappa shape index (κ1) is 28.3. The van der Waals surface area contributed by atoms with Gasteiger partial charge in [0.25, 0.3) is 0 Å². The smallest absolute Gasteiger partial charge is 0.425 e. The molecule has 1 aromatic rings. The Morgan fingerprint density at radius 3 is 2.00 bits per heavy atom. The Morgan fingerprint density at radius 2 is 1.57 bits per heavy atom. The summed E-state index contributed by atoms with van der Waals surface area (Å²) < 4.78 is 16.3. The van der Waals surface area contributed by atoms with Crippen LogP contribution >= 0.6 is 0 Å². The molecule has 1 aliphatic heterocycles. The predicted molar refractivity (Wildman–Crippen MR) is 131 cm³/mol. The number of hydrogen-bond acceptors (Lipinski definition) is 8. The van der Waals surface area contributed by atoms with Crippen LogP contribution in [0.15, 0.2) is 6.20 Å². The highest BCUT2D eigenvalue weighted by atomic mass is 16.6. The fraction of sp³-hybridized carbons (Fsp3) is 0.720. The van der Waals surface area contributed by atoms with Crippen LogP contribution in [0.3, 0.4) is 0 Å². The molecule has 2 heterocycles. The number of piperidine rings is 1. The average Bonchev–Trinajstić information content (AvgIpc) is 2.72. The lowest BCUT2D eigenvalue weighted by atomic mass is 9.94. The second kappa shape index (κ2) is 11.2. The van der Waals surface area contributed by atoms with Crippen LogP contribution in [0.1, 0.15) is 92.0 Å². The molecule has 0 bridgehead atoms. The van der Waals surface area contributed by atoms with Gasteiger partial charge in [-0.25, -0.2) is 19.4 Å². The highest BCUT2D eigenvalue weighted by molar-refractivity contribution is 6.09. The minimum atomic E-state index is -0.884. The Bertz CT molecular complexity index is 886. The van der Waals surface area contributed by atoms with Crippen molar-refractivity contribution in [2.45, 2.75) is 105 Å². The van der Waals surface area contributed by atoms with Gasteiger partial charge in [-0.3, -0.25) is 4.98 Å². The van der Waals surface area contributed by atoms with Gasteiger partial charge in [0.05, 0.1) is 17.6 Å². The van der Waals surface area contributed by atoms with E-state index in [1.807, 2.05) is 13.8 Å². The fourth-order valence-corrected chi connectivity index (χ4v) is 3.46. The zero-order chi connectivity index (χ0) is 26.6. The van der Waals surface area contributed by atoms with E-state index in [9.17, 15) is 14.4 Å². The maximum atomic E-state index is 12.9. The Labute approximate surface area is 208 Å². The average molecular weight is 493 g/mol. The van der Waals surface area contributed by atoms with Gasteiger partial charge < -0.3 is 19.1 Å². The molecule has 0 aliphatic carbocycles. The van der Waals surface area contributed by atoms with Gasteiger partial charge in [-0.15, -0.1) is 0 Å². The highest BCUT2D eigenvalue weighted by Crippen LogP contribution is 2.29. The second-order valence-corrected chi connectivity index (χ2v) is 10.9. The molecule has 1 atom stereocenters. The van der Waals surface area contributed by atoms with E-state index >= 15 is 0 Å². The second-order valence-electron chi connectivity index (χ2n) is 10.9. The molecule has 0 aromatic carbocycles. The fourth-order valence-electron chi connectivity index (χ4n) is 3.46. The molecule has 196 valence electrons. The topological polar surface area (TPSA) is 111 Å². The van der Waals surface area contributed by atoms with Crippen molar-refractivity contribution >= 4 is 24.1 Å². The van der Waals surface area contributed by atoms with E-state index in [0.29, 0.717) is 31.6 Å². The number of hydrogen-bond donors (Lipinski definition) is 0. The molecule has 10 nitrogen and oxygen atoms in total. The van der Waals surface area contributed by atoms with E-state index in [4.69, 9.17) is 14.2 Å². The van der Waals surface area contributed by atoms with Gasteiger partial charge in [-0.1, -0.05) is 6.92 Å². The molecule has 1 aromatic heterocycles. The molecule has 0 N–H and O–H groups in total. The van der Waals surface area contributed by atoms with E-state index in [-0.39, 0.29) is 23.9 Å². The molecule has 10 heteroatoms. The highest BCUT2D eigenvalue weighted by Gasteiger charge is 2.35. The quantitative estimate of drug-likeness (QED) is 0.501. The van der Waals surface area contributed by atoms with Crippen molar-refractivity contribution in [3.63, 3.8) is 0 Å². The van der Waals surface area contributed by atoms with Crippen molar-refractivity contribution in [1.29, 1.82) is 0 Å². The largest absolute Gasteiger partial charge is 0.446 e. The van der Waals surface area contributed by atoms with Gasteiger partial charge >= 0.3 is 18.3 Å². The first-order chi connectivity index (χ1) is 16.1. The van der Waals surface area contributed by atoms with Crippen LogP contribution in [0.5, 0.6) is 0 Å². The third-order valence-corrected chi connectivity index (χ3v) is 5.35. The SMILES string of the molecule is CCC(C)OC(=O)N1CCC(c2cnc(N(C(=O)OC(C)(C)C)C(=O)OC(C)(C)C)c(C)n2)CC1. The molecule has 0 radical (unpaired) electrons. The molecular weight excluding hydrogens is 452 g/mol. The maximum absolute atomic E-state index is 12.9. The van der Waals surface area contributed by atoms with E-state index < -0.39 is 23.4 Å². The number of imide groups is 1. The monoisotopic (exact) mass is 492 g/mol. The van der Waals surface area contributed by atoms with Crippen LogP contribution in [0.25, 0.3) is 0 Å². The molecule has 1 unspecified atom stereocenters. The van der Waals surface area contributed by atoms with Gasteiger partial charge in [0.2, 0.25) is 0 Å². The molecule has 0 spiro atoms. The van der Waals surface area contributed by atoms with Crippen molar-refractivity contribution < 1.29 is 28.6 Å². The van der Waals surface area contributed by atoms with Gasteiger partial charge in [0.15, 0.2) is 5.82 Å². The van der Waals surface area contributed by atoms with Crippen molar-refractivity contribution in [1.82, 2.24) is 14.9 Å². The van der Waals surface area contributed by atoms with Crippen LogP contribution in [-0.2, 0) is 14.2 Å². The lowest BCUT2D eigenvalue weighted by Gasteiger charge is -2.32. The molecule has 1 fully saturated rings. The van der Waals surface area contributed by atoms with Crippen molar-refractivity contribution in [2.75, 3.05) is 18.0 Å². The minimum absolute atomic E-state index is 0.0619. The summed E-state index contributed by atoms with van der Waals surface area (Å²) in [6, 6.07) is 0. The number of amides is 3. The van der Waals surface area contributed by atoms with Crippen LogP contribution in [0.2, 0.25) is 0 Å². The summed E-state index contributed by atoms with van der Waals surface area (Å²) in [7, 11) is 0. The third-order valence-electron chi connectivity index (χ3n) is 5.35. The van der Waals surface area contributed by atoms with E-state index in [2.05, 4.69) is 9.97 Å². The lowest BCUT2D eigenvalue weighted by molar-refractivity contribution is 0.0427. The van der Waals surface area contributed by atoms with Crippen molar-refractivity contribution in [2.24, 2.45) is 0 Å². The standard InChI is InChI=1S/C25H40N4O6/c1-10-16(2)33-21(30)28-13-11-18(12-14-28)19-15-26-20(17(3)27-19)29(22(31)34-24(4,5)6)23(32)35-25(7,8)9/h15-16,18H,10-14H2,1-9H3. The number of carbonyl (C=O) groups excluding carboxylic acids is 3. The van der Waals surface area contributed by atoms with E-state index in [0.717, 1.165) is 17.0 Å². The number of carbonyl (C=O) groups is 3. The third kappa shape index (κ3) is 8.36. The Morgan fingerprint density at radius 1 is 1.06 bits per heavy atom. The van der Waals surface area contributed by atoms with Crippen molar-refractivity contribution in [3.05, 3.63) is 17.6 Å². The van der Waals surface area contributed by atoms with Gasteiger partial charge in [0.1, 0.15) is 17.3 Å². The summed E-state index contributed by atoms with van der Waals surface area (Å²) in [5.74, 6) is 0.159. The Kier molecular flexibility index (Phi) is 9.08. The predicted octanol–water partition coefficient (Wildman–Crippen LogP) is 5.58. The number of aryl methyl sites for hydroxylation is 1. The van der Waals surface area contributed by atoms with Crippen LogP contribution in [-0.4, -0.2) is 63.5 Å². The number of anilines is 1. The lowest BCUT2D eigenvalue weighted by Crippen LogP contribution is -2.44. The zero-order valence-electron chi connectivity index (χ0n) is 22.5. The maximum Gasteiger partial charge on any atom is 0.425 e. The number of aromatic nitrogens is 2. The Hall–Kier alpha value is -2.91. The summed E-state index contributed by atoms with van der Waals surface area (Å²) >= 11 is 0. The summed E-state index contributed by atoms with van der Waals surface area (Å²) in [6.07, 6.45) is 1.60. The summed E-state index contributed by atoms with van der Waals surface area (Å²) in [5.41, 5.74) is -0.488.